The summed E-state index contributed by atoms with van der Waals surface area (Å²) < 4.78 is 1.48. The standard InChI is InChI=1S/C14H16N2O2S/c1-9-4-5-12(10(2)6-9)15-13(17)7-16-11(3)8-19-14(16)18/h4-6,8H,7H2,1-3H3,(H,15,17). The molecule has 0 aliphatic rings. The number of benzene rings is 1. The van der Waals surface area contributed by atoms with Gasteiger partial charge >= 0.3 is 4.87 Å². The van der Waals surface area contributed by atoms with E-state index in [0.717, 1.165) is 33.8 Å². The minimum Gasteiger partial charge on any atom is -0.324 e. The van der Waals surface area contributed by atoms with E-state index < -0.39 is 0 Å². The van der Waals surface area contributed by atoms with Crippen molar-refractivity contribution in [2.75, 3.05) is 5.32 Å². The van der Waals surface area contributed by atoms with Gasteiger partial charge in [0.05, 0.1) is 0 Å². The second kappa shape index (κ2) is 5.40. The lowest BCUT2D eigenvalue weighted by Gasteiger charge is -2.10. The molecule has 0 radical (unpaired) electrons. The first-order valence-electron chi connectivity index (χ1n) is 5.99. The second-order valence-corrected chi connectivity index (χ2v) is 5.42. The highest BCUT2D eigenvalue weighted by molar-refractivity contribution is 7.07. The predicted octanol–water partition coefficient (Wildman–Crippen LogP) is 2.47. The summed E-state index contributed by atoms with van der Waals surface area (Å²) in [6.45, 7) is 5.83. The number of anilines is 1. The van der Waals surface area contributed by atoms with Gasteiger partial charge in [-0.05, 0) is 32.4 Å². The molecule has 1 aromatic heterocycles. The van der Waals surface area contributed by atoms with E-state index >= 15 is 0 Å². The smallest absolute Gasteiger partial charge is 0.307 e. The molecule has 19 heavy (non-hydrogen) atoms. The van der Waals surface area contributed by atoms with Crippen LogP contribution in [-0.2, 0) is 11.3 Å². The van der Waals surface area contributed by atoms with Gasteiger partial charge in [0.2, 0.25) is 5.91 Å². The zero-order valence-corrected chi connectivity index (χ0v) is 12.0. The lowest BCUT2D eigenvalue weighted by atomic mass is 10.1. The molecule has 1 heterocycles. The van der Waals surface area contributed by atoms with Gasteiger partial charge in [-0.3, -0.25) is 14.2 Å². The number of nitrogens with zero attached hydrogens (tertiary/aromatic N) is 1. The van der Waals surface area contributed by atoms with Crippen molar-refractivity contribution in [1.29, 1.82) is 0 Å². The van der Waals surface area contributed by atoms with Gasteiger partial charge in [-0.25, -0.2) is 0 Å². The fourth-order valence-electron chi connectivity index (χ4n) is 1.88. The number of carbonyl (C=O) groups excluding carboxylic acids is 1. The van der Waals surface area contributed by atoms with E-state index in [9.17, 15) is 9.59 Å². The minimum atomic E-state index is -0.185. The zero-order chi connectivity index (χ0) is 14.0. The molecule has 2 rings (SSSR count). The van der Waals surface area contributed by atoms with E-state index in [4.69, 9.17) is 0 Å². The molecule has 4 nitrogen and oxygen atoms in total. The zero-order valence-electron chi connectivity index (χ0n) is 11.2. The van der Waals surface area contributed by atoms with E-state index in [1.165, 1.54) is 4.57 Å². The molecule has 0 fully saturated rings. The number of aromatic nitrogens is 1. The molecule has 2 aromatic rings. The van der Waals surface area contributed by atoms with Crippen LogP contribution in [0.2, 0.25) is 0 Å². The summed E-state index contributed by atoms with van der Waals surface area (Å²) in [6.07, 6.45) is 0. The van der Waals surface area contributed by atoms with Crippen LogP contribution in [0.25, 0.3) is 0 Å². The molecule has 0 aliphatic carbocycles. The van der Waals surface area contributed by atoms with E-state index in [0.29, 0.717) is 0 Å². The molecular weight excluding hydrogens is 260 g/mol. The number of hydrogen-bond donors (Lipinski definition) is 1. The number of carbonyl (C=O) groups is 1. The number of amides is 1. The van der Waals surface area contributed by atoms with Crippen LogP contribution in [0.15, 0.2) is 28.4 Å². The van der Waals surface area contributed by atoms with Crippen LogP contribution in [0.5, 0.6) is 0 Å². The fourth-order valence-corrected chi connectivity index (χ4v) is 2.62. The first kappa shape index (κ1) is 13.5. The maximum Gasteiger partial charge on any atom is 0.307 e. The minimum absolute atomic E-state index is 0.0570. The largest absolute Gasteiger partial charge is 0.324 e. The highest BCUT2D eigenvalue weighted by Crippen LogP contribution is 2.16. The van der Waals surface area contributed by atoms with Gasteiger partial charge in [-0.2, -0.15) is 0 Å². The summed E-state index contributed by atoms with van der Waals surface area (Å²) in [6, 6.07) is 5.84. The van der Waals surface area contributed by atoms with Crippen LogP contribution < -0.4 is 10.2 Å². The summed E-state index contributed by atoms with van der Waals surface area (Å²) in [5.41, 5.74) is 3.77. The van der Waals surface area contributed by atoms with Crippen molar-refractivity contribution in [2.45, 2.75) is 27.3 Å². The van der Waals surface area contributed by atoms with Crippen molar-refractivity contribution >= 4 is 22.9 Å². The van der Waals surface area contributed by atoms with E-state index in [2.05, 4.69) is 5.32 Å². The van der Waals surface area contributed by atoms with Crippen molar-refractivity contribution in [3.8, 4) is 0 Å². The van der Waals surface area contributed by atoms with E-state index in [1.807, 2.05) is 39.0 Å². The first-order chi connectivity index (χ1) is 8.97. The number of rotatable bonds is 3. The highest BCUT2D eigenvalue weighted by Gasteiger charge is 2.09. The molecule has 1 N–H and O–H groups in total. The molecule has 0 aliphatic heterocycles. The molecule has 0 unspecified atom stereocenters. The Morgan fingerprint density at radius 2 is 2.05 bits per heavy atom. The maximum atomic E-state index is 12.0. The monoisotopic (exact) mass is 276 g/mol. The molecular formula is C14H16N2O2S. The van der Waals surface area contributed by atoms with Crippen molar-refractivity contribution in [3.05, 3.63) is 50.1 Å². The van der Waals surface area contributed by atoms with Gasteiger partial charge in [0.1, 0.15) is 6.54 Å². The van der Waals surface area contributed by atoms with Crippen molar-refractivity contribution in [3.63, 3.8) is 0 Å². The number of nitrogens with one attached hydrogen (secondary N) is 1. The Labute approximate surface area is 115 Å². The SMILES string of the molecule is Cc1ccc(NC(=O)Cn2c(C)csc2=O)c(C)c1. The Hall–Kier alpha value is -1.88. The van der Waals surface area contributed by atoms with Crippen molar-refractivity contribution < 1.29 is 4.79 Å². The van der Waals surface area contributed by atoms with Crippen LogP contribution in [0.4, 0.5) is 5.69 Å². The average Bonchev–Trinajstić information content (AvgIpc) is 2.65. The molecule has 1 aromatic carbocycles. The average molecular weight is 276 g/mol. The second-order valence-electron chi connectivity index (χ2n) is 4.60. The van der Waals surface area contributed by atoms with Gasteiger partial charge in [0.15, 0.2) is 0 Å². The predicted molar refractivity (Wildman–Crippen MR) is 77.9 cm³/mol. The van der Waals surface area contributed by atoms with Gasteiger partial charge in [-0.15, -0.1) is 0 Å². The Morgan fingerprint density at radius 3 is 2.63 bits per heavy atom. The third-order valence-corrected chi connectivity index (χ3v) is 3.82. The summed E-state index contributed by atoms with van der Waals surface area (Å²) in [4.78, 5) is 23.4. The topological polar surface area (TPSA) is 51.1 Å². The lowest BCUT2D eigenvalue weighted by molar-refractivity contribution is -0.116. The number of hydrogen-bond acceptors (Lipinski definition) is 3. The van der Waals surface area contributed by atoms with Crippen LogP contribution in [0.3, 0.4) is 0 Å². The Kier molecular flexibility index (Phi) is 3.85. The Balaban J connectivity index is 2.12. The van der Waals surface area contributed by atoms with Crippen LogP contribution in [0, 0.1) is 20.8 Å². The first-order valence-corrected chi connectivity index (χ1v) is 6.87. The highest BCUT2D eigenvalue weighted by atomic mass is 32.1. The quantitative estimate of drug-likeness (QED) is 0.936. The lowest BCUT2D eigenvalue weighted by Crippen LogP contribution is -2.25. The maximum absolute atomic E-state index is 12.0. The molecule has 0 atom stereocenters. The molecule has 0 bridgehead atoms. The Morgan fingerprint density at radius 1 is 1.32 bits per heavy atom. The summed E-state index contributed by atoms with van der Waals surface area (Å²) in [5.74, 6) is -0.185. The molecule has 1 amide bonds. The van der Waals surface area contributed by atoms with Gasteiger partial charge in [-0.1, -0.05) is 29.0 Å². The van der Waals surface area contributed by atoms with Crippen LogP contribution in [0.1, 0.15) is 16.8 Å². The van der Waals surface area contributed by atoms with Crippen molar-refractivity contribution in [1.82, 2.24) is 4.57 Å². The van der Waals surface area contributed by atoms with Gasteiger partial charge < -0.3 is 5.32 Å². The Bertz CT molecular complexity index is 670. The summed E-state index contributed by atoms with van der Waals surface area (Å²) in [7, 11) is 0. The third-order valence-electron chi connectivity index (χ3n) is 2.93. The van der Waals surface area contributed by atoms with Gasteiger partial charge in [0, 0.05) is 16.8 Å². The van der Waals surface area contributed by atoms with Crippen molar-refractivity contribution in [2.24, 2.45) is 0 Å². The normalized spacial score (nSPS) is 10.5. The molecule has 5 heteroatoms. The molecule has 0 spiro atoms. The number of thiazole rings is 1. The number of aryl methyl sites for hydroxylation is 3. The van der Waals surface area contributed by atoms with E-state index in [-0.39, 0.29) is 17.3 Å². The molecule has 100 valence electrons. The van der Waals surface area contributed by atoms with Gasteiger partial charge in [0.25, 0.3) is 0 Å². The summed E-state index contributed by atoms with van der Waals surface area (Å²) in [5, 5.41) is 4.59. The fraction of sp³-hybridized carbons (Fsp3) is 0.286. The molecule has 0 saturated carbocycles. The summed E-state index contributed by atoms with van der Waals surface area (Å²) >= 11 is 1.11. The third kappa shape index (κ3) is 3.12. The van der Waals surface area contributed by atoms with Crippen LogP contribution >= 0.6 is 11.3 Å². The van der Waals surface area contributed by atoms with E-state index in [1.54, 1.807) is 5.38 Å². The molecule has 0 saturated heterocycles. The van der Waals surface area contributed by atoms with Crippen LogP contribution in [-0.4, -0.2) is 10.5 Å².